The first-order valence-corrected chi connectivity index (χ1v) is 8.77. The van der Waals surface area contributed by atoms with Crippen molar-refractivity contribution >= 4 is 5.78 Å². The normalized spacial score (nSPS) is 41.9. The Morgan fingerprint density at radius 2 is 2.12 bits per heavy atom. The molecular weight excluding hydrogens is 338 g/mol. The van der Waals surface area contributed by atoms with Crippen LogP contribution in [-0.4, -0.2) is 61.1 Å². The number of quaternary nitrogens is 1. The molecule has 4 aliphatic rings. The van der Waals surface area contributed by atoms with Crippen LogP contribution in [0.2, 0.25) is 0 Å². The minimum absolute atomic E-state index is 0.0512. The second kappa shape index (κ2) is 4.60. The van der Waals surface area contributed by atoms with Crippen molar-refractivity contribution < 1.29 is 28.8 Å². The third kappa shape index (κ3) is 1.50. The summed E-state index contributed by atoms with van der Waals surface area (Å²) >= 11 is 0. The topological polar surface area (TPSA) is 88.1 Å². The van der Waals surface area contributed by atoms with E-state index in [1.807, 2.05) is 6.07 Å². The van der Waals surface area contributed by atoms with Gasteiger partial charge in [-0.25, -0.2) is 0 Å². The van der Waals surface area contributed by atoms with E-state index in [9.17, 15) is 15.1 Å². The van der Waals surface area contributed by atoms with Crippen molar-refractivity contribution in [3.8, 4) is 11.5 Å². The Morgan fingerprint density at radius 1 is 1.35 bits per heavy atom. The summed E-state index contributed by atoms with van der Waals surface area (Å²) in [6.45, 7) is 0.312. The molecular formula is C19H21NO6. The summed E-state index contributed by atoms with van der Waals surface area (Å²) in [5, 5.41) is 25.1. The van der Waals surface area contributed by atoms with Gasteiger partial charge < -0.3 is 29.2 Å². The molecule has 1 spiro atoms. The Hall–Kier alpha value is -2.09. The predicted octanol–water partition coefficient (Wildman–Crippen LogP) is 0.811. The summed E-state index contributed by atoms with van der Waals surface area (Å²) in [6.07, 6.45) is 1.31. The summed E-state index contributed by atoms with van der Waals surface area (Å²) in [7, 11) is 4.53. The second-order valence-electron chi connectivity index (χ2n) is 7.87. The van der Waals surface area contributed by atoms with E-state index in [-0.39, 0.29) is 11.5 Å². The Morgan fingerprint density at radius 3 is 2.81 bits per heavy atom. The van der Waals surface area contributed by atoms with E-state index in [1.54, 1.807) is 20.2 Å². The van der Waals surface area contributed by atoms with E-state index in [1.165, 1.54) is 13.2 Å². The van der Waals surface area contributed by atoms with Crippen molar-refractivity contribution in [1.29, 1.82) is 0 Å². The van der Waals surface area contributed by atoms with Crippen LogP contribution in [0, 0.1) is 5.21 Å². The molecule has 0 amide bonds. The van der Waals surface area contributed by atoms with Gasteiger partial charge in [0.1, 0.15) is 6.04 Å². The number of likely N-dealkylation sites (tertiary alicyclic amines) is 1. The number of piperidine rings is 1. The second-order valence-corrected chi connectivity index (χ2v) is 7.87. The Labute approximate surface area is 150 Å². The zero-order valence-corrected chi connectivity index (χ0v) is 14.9. The first-order chi connectivity index (χ1) is 12.3. The zero-order chi connectivity index (χ0) is 18.5. The van der Waals surface area contributed by atoms with Crippen LogP contribution in [0.15, 0.2) is 24.0 Å². The molecule has 5 rings (SSSR count). The molecule has 1 aromatic carbocycles. The maximum absolute atomic E-state index is 13.2. The molecule has 2 bridgehead atoms. The number of ketones is 1. The maximum atomic E-state index is 13.2. The van der Waals surface area contributed by atoms with E-state index in [0.29, 0.717) is 30.9 Å². The van der Waals surface area contributed by atoms with Gasteiger partial charge in [0.05, 0.1) is 33.2 Å². The van der Waals surface area contributed by atoms with E-state index in [2.05, 4.69) is 0 Å². The molecule has 5 atom stereocenters. The van der Waals surface area contributed by atoms with Crippen LogP contribution in [-0.2, 0) is 21.4 Å². The summed E-state index contributed by atoms with van der Waals surface area (Å²) in [5.74, 6) is 0.789. The van der Waals surface area contributed by atoms with E-state index in [0.717, 1.165) is 11.1 Å². The first-order valence-electron chi connectivity index (χ1n) is 8.77. The Bertz CT molecular complexity index is 877. The Kier molecular flexibility index (Phi) is 2.85. The SMILES string of the molecule is COC1=C[C@]2(O)[C@@H]3Cc4ccc(OC)c5c4[C@]2(CC[N+]3(C)[O-])[C@H](O5)C1=O. The smallest absolute Gasteiger partial charge is 0.238 e. The number of Topliss-reactive ketones (excluding diaryl/α,β-unsaturated/α-hetero) is 1. The molecule has 2 aliphatic heterocycles. The van der Waals surface area contributed by atoms with Gasteiger partial charge in [-0.15, -0.1) is 0 Å². The number of benzene rings is 1. The number of aliphatic hydroxyl groups is 1. The molecule has 2 heterocycles. The molecule has 1 unspecified atom stereocenters. The lowest BCUT2D eigenvalue weighted by Crippen LogP contribution is -2.78. The fourth-order valence-corrected chi connectivity index (χ4v) is 5.64. The molecule has 0 radical (unpaired) electrons. The van der Waals surface area contributed by atoms with Gasteiger partial charge in [0.25, 0.3) is 0 Å². The van der Waals surface area contributed by atoms with Gasteiger partial charge in [-0.1, -0.05) is 6.07 Å². The quantitative estimate of drug-likeness (QED) is 0.621. The maximum Gasteiger partial charge on any atom is 0.238 e. The monoisotopic (exact) mass is 359 g/mol. The number of carbonyl (C=O) groups excluding carboxylic acids is 1. The minimum atomic E-state index is -1.52. The lowest BCUT2D eigenvalue weighted by atomic mass is 9.50. The number of methoxy groups -OCH3 is 2. The molecule has 2 aliphatic carbocycles. The van der Waals surface area contributed by atoms with Crippen molar-refractivity contribution in [2.45, 2.75) is 36.0 Å². The van der Waals surface area contributed by atoms with Crippen LogP contribution < -0.4 is 9.47 Å². The van der Waals surface area contributed by atoms with Crippen molar-refractivity contribution in [3.05, 3.63) is 40.3 Å². The molecule has 1 saturated heterocycles. The number of carbonyl (C=O) groups is 1. The summed E-state index contributed by atoms with van der Waals surface area (Å²) in [4.78, 5) is 13.0. The third-order valence-electron chi connectivity index (χ3n) is 6.85. The molecule has 0 saturated carbocycles. The largest absolute Gasteiger partial charge is 0.633 e. The standard InChI is InChI=1S/C19H21NO6/c1-20(23)7-6-18-14-10-4-5-11(24-2)16(14)26-17(18)15(21)12(25-3)9-19(18,22)13(20)8-10/h4-5,9,13,17,22H,6-8H2,1-3H3/t13-,17+,18+,19-,20?/m0/s1. The molecule has 1 fully saturated rings. The third-order valence-corrected chi connectivity index (χ3v) is 6.85. The van der Waals surface area contributed by atoms with Crippen LogP contribution in [0.25, 0.3) is 0 Å². The fourth-order valence-electron chi connectivity index (χ4n) is 5.64. The number of rotatable bonds is 2. The summed E-state index contributed by atoms with van der Waals surface area (Å²) in [6, 6.07) is 3.09. The number of ether oxygens (including phenoxy) is 3. The molecule has 26 heavy (non-hydrogen) atoms. The zero-order valence-electron chi connectivity index (χ0n) is 14.9. The average Bonchev–Trinajstić information content (AvgIpc) is 2.97. The highest BCUT2D eigenvalue weighted by molar-refractivity contribution is 6.02. The number of hydrogen-bond acceptors (Lipinski definition) is 6. The molecule has 7 nitrogen and oxygen atoms in total. The van der Waals surface area contributed by atoms with Crippen LogP contribution in [0.1, 0.15) is 17.5 Å². The van der Waals surface area contributed by atoms with Gasteiger partial charge >= 0.3 is 0 Å². The van der Waals surface area contributed by atoms with E-state index < -0.39 is 27.8 Å². The predicted molar refractivity (Wildman–Crippen MR) is 90.7 cm³/mol. The number of hydroxylamine groups is 3. The van der Waals surface area contributed by atoms with Gasteiger partial charge in [-0.2, -0.15) is 0 Å². The molecule has 0 aromatic heterocycles. The van der Waals surface area contributed by atoms with Crippen molar-refractivity contribution in [2.24, 2.45) is 0 Å². The van der Waals surface area contributed by atoms with E-state index >= 15 is 0 Å². The molecule has 7 heteroatoms. The average molecular weight is 359 g/mol. The number of hydrogen-bond donors (Lipinski definition) is 1. The van der Waals surface area contributed by atoms with Gasteiger partial charge in [0, 0.05) is 24.5 Å². The van der Waals surface area contributed by atoms with Crippen LogP contribution in [0.4, 0.5) is 0 Å². The van der Waals surface area contributed by atoms with E-state index in [4.69, 9.17) is 14.2 Å². The lowest BCUT2D eigenvalue weighted by molar-refractivity contribution is -0.902. The summed E-state index contributed by atoms with van der Waals surface area (Å²) in [5.41, 5.74) is -0.729. The lowest BCUT2D eigenvalue weighted by Gasteiger charge is -2.64. The van der Waals surface area contributed by atoms with Crippen LogP contribution in [0.5, 0.6) is 11.5 Å². The highest BCUT2D eigenvalue weighted by Gasteiger charge is 2.75. The van der Waals surface area contributed by atoms with Crippen LogP contribution in [0.3, 0.4) is 0 Å². The van der Waals surface area contributed by atoms with Gasteiger partial charge in [0.2, 0.25) is 5.78 Å². The van der Waals surface area contributed by atoms with Gasteiger partial charge in [-0.05, 0) is 11.6 Å². The minimum Gasteiger partial charge on any atom is -0.633 e. The molecule has 1 aromatic rings. The van der Waals surface area contributed by atoms with Gasteiger partial charge in [-0.3, -0.25) is 4.79 Å². The first kappa shape index (κ1) is 16.1. The highest BCUT2D eigenvalue weighted by Crippen LogP contribution is 2.64. The summed E-state index contributed by atoms with van der Waals surface area (Å²) < 4.78 is 16.2. The number of nitrogens with zero attached hydrogens (tertiary/aromatic N) is 1. The number of likely N-dealkylation sites (N-methyl/N-ethyl adjacent to an activating group) is 1. The Balaban J connectivity index is 1.88. The van der Waals surface area contributed by atoms with Crippen molar-refractivity contribution in [2.75, 3.05) is 27.8 Å². The molecule has 1 N–H and O–H groups in total. The van der Waals surface area contributed by atoms with Gasteiger partial charge in [0.15, 0.2) is 29.0 Å². The van der Waals surface area contributed by atoms with Crippen molar-refractivity contribution in [3.63, 3.8) is 0 Å². The molecule has 138 valence electrons. The van der Waals surface area contributed by atoms with Crippen LogP contribution >= 0.6 is 0 Å². The van der Waals surface area contributed by atoms with Crippen molar-refractivity contribution in [1.82, 2.24) is 0 Å². The fraction of sp³-hybridized carbons (Fsp3) is 0.526. The highest BCUT2D eigenvalue weighted by atomic mass is 16.6.